The van der Waals surface area contributed by atoms with Gasteiger partial charge in [-0.05, 0) is 35.5 Å². The van der Waals surface area contributed by atoms with Gasteiger partial charge in [0.15, 0.2) is 0 Å². The van der Waals surface area contributed by atoms with Crippen molar-refractivity contribution in [1.82, 2.24) is 0 Å². The zero-order chi connectivity index (χ0) is 10.2. The lowest BCUT2D eigenvalue weighted by Crippen LogP contribution is -1.87. The van der Waals surface area contributed by atoms with Crippen molar-refractivity contribution < 1.29 is 0 Å². The lowest BCUT2D eigenvalue weighted by Gasteiger charge is -2.08. The van der Waals surface area contributed by atoms with Gasteiger partial charge in [-0.2, -0.15) is 0 Å². The van der Waals surface area contributed by atoms with Crippen LogP contribution in [-0.2, 0) is 0 Å². The zero-order valence-corrected chi connectivity index (χ0v) is 10.8. The molecule has 1 aliphatic rings. The number of hydrogen-bond acceptors (Lipinski definition) is 2. The van der Waals surface area contributed by atoms with Crippen molar-refractivity contribution in [2.75, 3.05) is 0 Å². The molecule has 1 rings (SSSR count). The van der Waals surface area contributed by atoms with E-state index in [-0.39, 0.29) is 0 Å². The van der Waals surface area contributed by atoms with E-state index in [9.17, 15) is 0 Å². The van der Waals surface area contributed by atoms with Crippen LogP contribution in [-0.4, -0.2) is 0 Å². The normalized spacial score (nSPS) is 27.9. The Hall–Kier alpha value is 0.440. The van der Waals surface area contributed by atoms with Crippen molar-refractivity contribution in [2.45, 2.75) is 64.2 Å². The molecule has 0 bridgehead atoms. The van der Waals surface area contributed by atoms with E-state index in [1.54, 1.807) is 0 Å². The zero-order valence-electron chi connectivity index (χ0n) is 8.97. The van der Waals surface area contributed by atoms with Gasteiger partial charge in [0, 0.05) is 0 Å². The van der Waals surface area contributed by atoms with Crippen LogP contribution in [0.15, 0.2) is 9.81 Å². The van der Waals surface area contributed by atoms with Gasteiger partial charge in [0.1, 0.15) is 0 Å². The van der Waals surface area contributed by atoms with Crippen molar-refractivity contribution in [3.05, 3.63) is 9.81 Å². The summed E-state index contributed by atoms with van der Waals surface area (Å²) in [7, 11) is 0. The number of allylic oxidation sites excluding steroid dienone is 2. The second-order valence-electron chi connectivity index (χ2n) is 4.22. The monoisotopic (exact) mass is 230 g/mol. The van der Waals surface area contributed by atoms with Crippen LogP contribution in [0.4, 0.5) is 0 Å². The summed E-state index contributed by atoms with van der Waals surface area (Å²) in [5.74, 6) is 0. The fraction of sp³-hybridized carbons (Fsp3) is 0.833. The van der Waals surface area contributed by atoms with Gasteiger partial charge in [-0.1, -0.05) is 38.5 Å². The molecule has 1 aliphatic carbocycles. The summed E-state index contributed by atoms with van der Waals surface area (Å²) in [5.41, 5.74) is 0. The molecule has 0 atom stereocenters. The number of hydrogen-bond donors (Lipinski definition) is 2. The van der Waals surface area contributed by atoms with Crippen LogP contribution in [0.5, 0.6) is 0 Å². The fourth-order valence-corrected chi connectivity index (χ4v) is 2.47. The first-order valence-electron chi connectivity index (χ1n) is 5.90. The quantitative estimate of drug-likeness (QED) is 0.539. The first-order valence-corrected chi connectivity index (χ1v) is 6.80. The van der Waals surface area contributed by atoms with Gasteiger partial charge in [-0.15, -0.1) is 25.3 Å². The van der Waals surface area contributed by atoms with Crippen LogP contribution >= 0.6 is 25.3 Å². The molecule has 0 aromatic heterocycles. The Morgan fingerprint density at radius 3 is 1.14 bits per heavy atom. The molecule has 0 amide bonds. The molecule has 0 heterocycles. The highest BCUT2D eigenvalue weighted by Gasteiger charge is 2.01. The van der Waals surface area contributed by atoms with Crippen molar-refractivity contribution in [3.63, 3.8) is 0 Å². The van der Waals surface area contributed by atoms with Crippen LogP contribution in [0.25, 0.3) is 0 Å². The average molecular weight is 230 g/mol. The van der Waals surface area contributed by atoms with Crippen LogP contribution in [0.2, 0.25) is 0 Å². The Labute approximate surface area is 99.4 Å². The van der Waals surface area contributed by atoms with E-state index >= 15 is 0 Å². The van der Waals surface area contributed by atoms with Crippen LogP contribution in [0.3, 0.4) is 0 Å². The van der Waals surface area contributed by atoms with Crippen molar-refractivity contribution in [1.29, 1.82) is 0 Å². The van der Waals surface area contributed by atoms with E-state index in [2.05, 4.69) is 25.3 Å². The van der Waals surface area contributed by atoms with Crippen LogP contribution < -0.4 is 0 Å². The second kappa shape index (κ2) is 7.70. The van der Waals surface area contributed by atoms with Gasteiger partial charge >= 0.3 is 0 Å². The summed E-state index contributed by atoms with van der Waals surface area (Å²) in [5, 5.41) is 0. The molecule has 0 saturated heterocycles. The molecule has 0 aliphatic heterocycles. The SMILES string of the molecule is S/C1=C(\S)CCCCCCCCCC1. The topological polar surface area (TPSA) is 0 Å². The average Bonchev–Trinajstić information content (AvgIpc) is 2.18. The molecule has 0 aromatic rings. The van der Waals surface area contributed by atoms with Gasteiger partial charge in [-0.25, -0.2) is 0 Å². The third-order valence-electron chi connectivity index (χ3n) is 2.91. The maximum Gasteiger partial charge on any atom is -0.00917 e. The predicted molar refractivity (Wildman–Crippen MR) is 71.2 cm³/mol. The summed E-state index contributed by atoms with van der Waals surface area (Å²) in [6.07, 6.45) is 13.3. The molecule has 82 valence electrons. The van der Waals surface area contributed by atoms with Crippen LogP contribution in [0.1, 0.15) is 64.2 Å². The Morgan fingerprint density at radius 1 is 0.500 bits per heavy atom. The van der Waals surface area contributed by atoms with Crippen molar-refractivity contribution in [3.8, 4) is 0 Å². The van der Waals surface area contributed by atoms with Crippen molar-refractivity contribution in [2.24, 2.45) is 0 Å². The Kier molecular flexibility index (Phi) is 6.88. The van der Waals surface area contributed by atoms with E-state index in [4.69, 9.17) is 0 Å². The fourth-order valence-electron chi connectivity index (χ4n) is 1.93. The molecule has 0 aromatic carbocycles. The molecule has 0 N–H and O–H groups in total. The Bertz CT molecular complexity index is 165. The number of thiol groups is 2. The molecule has 0 unspecified atom stereocenters. The summed E-state index contributed by atoms with van der Waals surface area (Å²) in [6.45, 7) is 0. The highest BCUT2D eigenvalue weighted by molar-refractivity contribution is 7.88. The second-order valence-corrected chi connectivity index (χ2v) is 5.30. The van der Waals surface area contributed by atoms with E-state index in [0.29, 0.717) is 0 Å². The lowest BCUT2D eigenvalue weighted by atomic mass is 10.0. The molecule has 2 heteroatoms. The van der Waals surface area contributed by atoms with Crippen LogP contribution in [0, 0.1) is 0 Å². The standard InChI is InChI=1S/C12H22S2/c13-11-9-7-5-3-1-2-4-6-8-10-12(11)14/h13-14H,1-10H2/b12-11-. The molecule has 0 spiro atoms. The van der Waals surface area contributed by atoms with Gasteiger partial charge in [-0.3, -0.25) is 0 Å². The van der Waals surface area contributed by atoms with Gasteiger partial charge in [0.05, 0.1) is 0 Å². The molecule has 0 nitrogen and oxygen atoms in total. The predicted octanol–water partition coefficient (Wildman–Crippen LogP) is 4.97. The van der Waals surface area contributed by atoms with E-state index < -0.39 is 0 Å². The van der Waals surface area contributed by atoms with E-state index in [1.807, 2.05) is 0 Å². The Balaban J connectivity index is 2.37. The summed E-state index contributed by atoms with van der Waals surface area (Å²) < 4.78 is 0. The summed E-state index contributed by atoms with van der Waals surface area (Å²) >= 11 is 9.04. The minimum atomic E-state index is 1.14. The highest BCUT2D eigenvalue weighted by atomic mass is 32.1. The van der Waals surface area contributed by atoms with E-state index in [1.165, 1.54) is 61.2 Å². The molecule has 14 heavy (non-hydrogen) atoms. The van der Waals surface area contributed by atoms with Gasteiger partial charge in [0.25, 0.3) is 0 Å². The Morgan fingerprint density at radius 2 is 0.786 bits per heavy atom. The number of rotatable bonds is 0. The maximum absolute atomic E-state index is 4.52. The third-order valence-corrected chi connectivity index (χ3v) is 4.07. The van der Waals surface area contributed by atoms with Crippen molar-refractivity contribution >= 4 is 25.3 Å². The minimum absolute atomic E-state index is 1.14. The molecular weight excluding hydrogens is 208 g/mol. The maximum atomic E-state index is 4.52. The minimum Gasteiger partial charge on any atom is -0.147 e. The highest BCUT2D eigenvalue weighted by Crippen LogP contribution is 2.25. The first kappa shape index (κ1) is 12.5. The summed E-state index contributed by atoms with van der Waals surface area (Å²) in [4.78, 5) is 2.46. The smallest absolute Gasteiger partial charge is 0.00917 e. The van der Waals surface area contributed by atoms with E-state index in [0.717, 1.165) is 12.8 Å². The largest absolute Gasteiger partial charge is 0.147 e. The summed E-state index contributed by atoms with van der Waals surface area (Å²) in [6, 6.07) is 0. The first-order chi connectivity index (χ1) is 6.80. The van der Waals surface area contributed by atoms with Gasteiger partial charge in [0.2, 0.25) is 0 Å². The third kappa shape index (κ3) is 5.35. The molecule has 0 radical (unpaired) electrons. The molecule has 0 fully saturated rings. The van der Waals surface area contributed by atoms with Gasteiger partial charge < -0.3 is 0 Å². The molecule has 0 saturated carbocycles. The molecular formula is C12H22S2. The lowest BCUT2D eigenvalue weighted by molar-refractivity contribution is 0.565.